The first-order chi connectivity index (χ1) is 15.2. The lowest BCUT2D eigenvalue weighted by atomic mass is 9.96. The van der Waals surface area contributed by atoms with Crippen LogP contribution in [0.4, 0.5) is 5.69 Å². The van der Waals surface area contributed by atoms with Gasteiger partial charge in [0.1, 0.15) is 5.69 Å². The molecule has 1 aliphatic rings. The van der Waals surface area contributed by atoms with Gasteiger partial charge in [-0.05, 0) is 55.1 Å². The van der Waals surface area contributed by atoms with Crippen molar-refractivity contribution in [2.24, 2.45) is 5.92 Å². The topological polar surface area (TPSA) is 58.0 Å². The molecule has 2 heterocycles. The van der Waals surface area contributed by atoms with Crippen molar-refractivity contribution in [3.8, 4) is 0 Å². The average molecular weight is 417 g/mol. The number of hydrogen-bond donors (Lipinski definition) is 2. The van der Waals surface area contributed by atoms with Gasteiger partial charge in [-0.15, -0.1) is 0 Å². The van der Waals surface area contributed by atoms with E-state index in [2.05, 4.69) is 86.9 Å². The number of nitrogens with zero attached hydrogens (tertiary/aromatic N) is 4. The molecule has 1 fully saturated rings. The number of nitrogens with one attached hydrogen (secondary N) is 2. The van der Waals surface area contributed by atoms with E-state index in [1.807, 2.05) is 7.05 Å². The largest absolute Gasteiger partial charge is 0.388 e. The Bertz CT molecular complexity index is 955. The molecule has 0 bridgehead atoms. The minimum absolute atomic E-state index is 0.650. The molecule has 31 heavy (non-hydrogen) atoms. The number of hydrogen-bond acceptors (Lipinski definition) is 5. The fourth-order valence-corrected chi connectivity index (χ4v) is 4.00. The number of benzene rings is 2. The monoisotopic (exact) mass is 416 g/mol. The molecule has 1 saturated heterocycles. The summed E-state index contributed by atoms with van der Waals surface area (Å²) in [6.45, 7) is 9.12. The van der Waals surface area contributed by atoms with Crippen LogP contribution in [0.2, 0.25) is 0 Å². The van der Waals surface area contributed by atoms with Gasteiger partial charge >= 0.3 is 0 Å². The molecule has 0 radical (unpaired) electrons. The molecule has 1 aromatic heterocycles. The zero-order valence-corrected chi connectivity index (χ0v) is 18.3. The highest BCUT2D eigenvalue weighted by atomic mass is 15.5. The van der Waals surface area contributed by atoms with Gasteiger partial charge < -0.3 is 10.6 Å². The van der Waals surface area contributed by atoms with Crippen molar-refractivity contribution < 1.29 is 0 Å². The first kappa shape index (κ1) is 21.1. The van der Waals surface area contributed by atoms with E-state index in [1.54, 1.807) is 11.0 Å². The molecular weight excluding hydrogens is 384 g/mol. The van der Waals surface area contributed by atoms with E-state index in [9.17, 15) is 0 Å². The molecule has 2 aromatic carbocycles. The summed E-state index contributed by atoms with van der Waals surface area (Å²) in [5, 5.41) is 15.6. The number of anilines is 1. The van der Waals surface area contributed by atoms with Crippen LogP contribution in [0.5, 0.6) is 0 Å². The summed E-state index contributed by atoms with van der Waals surface area (Å²) < 4.78 is 0. The van der Waals surface area contributed by atoms with Crippen LogP contribution in [-0.4, -0.2) is 46.6 Å². The lowest BCUT2D eigenvalue weighted by Crippen LogP contribution is -2.36. The van der Waals surface area contributed by atoms with Crippen LogP contribution in [0, 0.1) is 5.92 Å². The van der Waals surface area contributed by atoms with Crippen molar-refractivity contribution in [1.29, 1.82) is 0 Å². The first-order valence-electron chi connectivity index (χ1n) is 11.1. The summed E-state index contributed by atoms with van der Waals surface area (Å²) >= 11 is 0. The molecule has 0 saturated carbocycles. The molecule has 6 heteroatoms. The van der Waals surface area contributed by atoms with Gasteiger partial charge in [-0.1, -0.05) is 49.0 Å². The van der Waals surface area contributed by atoms with Crippen molar-refractivity contribution in [2.45, 2.75) is 25.9 Å². The van der Waals surface area contributed by atoms with Gasteiger partial charge in [0, 0.05) is 25.8 Å². The summed E-state index contributed by atoms with van der Waals surface area (Å²) in [6, 6.07) is 19.0. The molecule has 4 rings (SSSR count). The SMILES string of the molecule is C=C(NCC1CCN(Cc2ccccc2)CC1)c1cnn(Cc2ccc(NC)cc2)n1. The second kappa shape index (κ2) is 10.3. The summed E-state index contributed by atoms with van der Waals surface area (Å²) in [6.07, 6.45) is 4.21. The van der Waals surface area contributed by atoms with E-state index >= 15 is 0 Å². The highest BCUT2D eigenvalue weighted by Crippen LogP contribution is 2.19. The minimum Gasteiger partial charge on any atom is -0.388 e. The Balaban J connectivity index is 1.20. The molecule has 0 spiro atoms. The fraction of sp³-hybridized carbons (Fsp3) is 0.360. The smallest absolute Gasteiger partial charge is 0.128 e. The maximum Gasteiger partial charge on any atom is 0.128 e. The van der Waals surface area contributed by atoms with Crippen LogP contribution in [0.25, 0.3) is 5.70 Å². The normalized spacial score (nSPS) is 15.0. The zero-order chi connectivity index (χ0) is 21.5. The van der Waals surface area contributed by atoms with Gasteiger partial charge in [0.05, 0.1) is 18.4 Å². The standard InChI is InChI=1S/C25H32N6/c1-20(25-17-28-31(29-25)19-23-8-10-24(26-2)11-9-23)27-16-21-12-14-30(15-13-21)18-22-6-4-3-5-7-22/h3-11,17,21,26-27H,1,12-16,18-19H2,2H3. The zero-order valence-electron chi connectivity index (χ0n) is 18.3. The number of rotatable bonds is 9. The van der Waals surface area contributed by atoms with Crippen molar-refractivity contribution in [1.82, 2.24) is 25.2 Å². The number of piperidine rings is 1. The molecule has 2 N–H and O–H groups in total. The average Bonchev–Trinajstić information content (AvgIpc) is 3.28. The van der Waals surface area contributed by atoms with Gasteiger partial charge in [-0.25, -0.2) is 0 Å². The van der Waals surface area contributed by atoms with Crippen molar-refractivity contribution in [2.75, 3.05) is 32.0 Å². The second-order valence-electron chi connectivity index (χ2n) is 8.27. The second-order valence-corrected chi connectivity index (χ2v) is 8.27. The Kier molecular flexibility index (Phi) is 6.99. The third-order valence-corrected chi connectivity index (χ3v) is 5.97. The quantitative estimate of drug-likeness (QED) is 0.555. The molecule has 6 nitrogen and oxygen atoms in total. The third kappa shape index (κ3) is 5.95. The Morgan fingerprint density at radius 2 is 1.71 bits per heavy atom. The molecule has 162 valence electrons. The third-order valence-electron chi connectivity index (χ3n) is 5.97. The van der Waals surface area contributed by atoms with E-state index in [0.29, 0.717) is 12.5 Å². The molecule has 0 amide bonds. The summed E-state index contributed by atoms with van der Waals surface area (Å²) in [4.78, 5) is 4.27. The van der Waals surface area contributed by atoms with Crippen LogP contribution < -0.4 is 10.6 Å². The van der Waals surface area contributed by atoms with Crippen LogP contribution in [0.15, 0.2) is 67.4 Å². The van der Waals surface area contributed by atoms with E-state index in [1.165, 1.54) is 24.0 Å². The first-order valence-corrected chi connectivity index (χ1v) is 11.1. The number of aromatic nitrogens is 3. The van der Waals surface area contributed by atoms with Crippen molar-refractivity contribution in [3.05, 3.63) is 84.2 Å². The molecular formula is C25H32N6. The summed E-state index contributed by atoms with van der Waals surface area (Å²) in [5.74, 6) is 0.671. The van der Waals surface area contributed by atoms with E-state index in [0.717, 1.165) is 43.3 Å². The maximum atomic E-state index is 4.59. The van der Waals surface area contributed by atoms with Gasteiger partial charge in [0.2, 0.25) is 0 Å². The molecule has 0 unspecified atom stereocenters. The predicted octanol–water partition coefficient (Wildman–Crippen LogP) is 3.84. The van der Waals surface area contributed by atoms with Crippen molar-refractivity contribution >= 4 is 11.4 Å². The van der Waals surface area contributed by atoms with Crippen LogP contribution >= 0.6 is 0 Å². The van der Waals surface area contributed by atoms with Gasteiger partial charge in [0.15, 0.2) is 0 Å². The maximum absolute atomic E-state index is 4.59. The van der Waals surface area contributed by atoms with Crippen molar-refractivity contribution in [3.63, 3.8) is 0 Å². The number of likely N-dealkylation sites (tertiary alicyclic amines) is 1. The van der Waals surface area contributed by atoms with Crippen LogP contribution in [0.1, 0.15) is 29.7 Å². The fourth-order valence-electron chi connectivity index (χ4n) is 4.00. The Hall–Kier alpha value is -3.12. The highest BCUT2D eigenvalue weighted by Gasteiger charge is 2.19. The molecule has 0 aliphatic carbocycles. The van der Waals surface area contributed by atoms with Crippen LogP contribution in [0.3, 0.4) is 0 Å². The van der Waals surface area contributed by atoms with Gasteiger partial charge in [-0.3, -0.25) is 4.90 Å². The van der Waals surface area contributed by atoms with Gasteiger partial charge in [0.25, 0.3) is 0 Å². The molecule has 0 atom stereocenters. The van der Waals surface area contributed by atoms with E-state index in [-0.39, 0.29) is 0 Å². The lowest BCUT2D eigenvalue weighted by molar-refractivity contribution is 0.178. The summed E-state index contributed by atoms with van der Waals surface area (Å²) in [5.41, 5.74) is 5.33. The van der Waals surface area contributed by atoms with E-state index < -0.39 is 0 Å². The summed E-state index contributed by atoms with van der Waals surface area (Å²) in [7, 11) is 1.92. The van der Waals surface area contributed by atoms with Crippen LogP contribution in [-0.2, 0) is 13.1 Å². The Morgan fingerprint density at radius 3 is 2.42 bits per heavy atom. The highest BCUT2D eigenvalue weighted by molar-refractivity contribution is 5.56. The van der Waals surface area contributed by atoms with Gasteiger partial charge in [-0.2, -0.15) is 15.0 Å². The molecule has 3 aromatic rings. The molecule has 1 aliphatic heterocycles. The Morgan fingerprint density at radius 1 is 1.00 bits per heavy atom. The van der Waals surface area contributed by atoms with E-state index in [4.69, 9.17) is 0 Å². The lowest BCUT2D eigenvalue weighted by Gasteiger charge is -2.32. The minimum atomic E-state index is 0.650. The Labute approximate surface area is 185 Å². The predicted molar refractivity (Wildman–Crippen MR) is 127 cm³/mol.